The van der Waals surface area contributed by atoms with Crippen molar-refractivity contribution in [1.29, 1.82) is 0 Å². The lowest BCUT2D eigenvalue weighted by Crippen LogP contribution is -2.40. The van der Waals surface area contributed by atoms with Gasteiger partial charge in [-0.05, 0) is 23.1 Å². The van der Waals surface area contributed by atoms with Crippen LogP contribution in [0.3, 0.4) is 0 Å². The fraction of sp³-hybridized carbons (Fsp3) is 0.143. The molecule has 0 aliphatic heterocycles. The number of nitrogens with one attached hydrogen (secondary N) is 2. The fourth-order valence-electron chi connectivity index (χ4n) is 1.71. The molecule has 7 heteroatoms. The first-order valence-electron chi connectivity index (χ1n) is 6.12. The number of carbonyl (C=O) groups is 2. The van der Waals surface area contributed by atoms with Crippen LogP contribution in [0.5, 0.6) is 0 Å². The molecule has 1 heterocycles. The summed E-state index contributed by atoms with van der Waals surface area (Å²) in [7, 11) is 0. The zero-order valence-corrected chi connectivity index (χ0v) is 12.4. The molecule has 3 N–H and O–H groups in total. The van der Waals surface area contributed by atoms with Crippen LogP contribution in [0, 0.1) is 0 Å². The summed E-state index contributed by atoms with van der Waals surface area (Å²) in [6.45, 7) is 0.224. The second-order valence-electron chi connectivity index (χ2n) is 4.21. The monoisotopic (exact) mass is 324 g/mol. The minimum absolute atomic E-state index is 0.224. The Morgan fingerprint density at radius 1 is 1.24 bits per heavy atom. The second-order valence-corrected chi connectivity index (χ2v) is 5.59. The number of thiophene rings is 1. The van der Waals surface area contributed by atoms with Crippen molar-refractivity contribution in [3.63, 3.8) is 0 Å². The van der Waals surface area contributed by atoms with Gasteiger partial charge in [-0.1, -0.05) is 35.9 Å². The molecule has 1 aromatic carbocycles. The van der Waals surface area contributed by atoms with Crippen LogP contribution in [0.1, 0.15) is 16.5 Å². The Labute approximate surface area is 130 Å². The van der Waals surface area contributed by atoms with E-state index in [2.05, 4.69) is 10.6 Å². The van der Waals surface area contributed by atoms with Crippen LogP contribution in [-0.2, 0) is 11.3 Å². The molecule has 0 spiro atoms. The van der Waals surface area contributed by atoms with E-state index < -0.39 is 18.0 Å². The van der Waals surface area contributed by atoms with Gasteiger partial charge in [0.05, 0.1) is 0 Å². The zero-order valence-electron chi connectivity index (χ0n) is 10.9. The highest BCUT2D eigenvalue weighted by Crippen LogP contribution is 2.19. The molecule has 110 valence electrons. The van der Waals surface area contributed by atoms with Gasteiger partial charge in [-0.25, -0.2) is 9.59 Å². The van der Waals surface area contributed by atoms with Crippen molar-refractivity contribution >= 4 is 34.9 Å². The topological polar surface area (TPSA) is 78.4 Å². The lowest BCUT2D eigenvalue weighted by Gasteiger charge is -2.14. The van der Waals surface area contributed by atoms with Crippen molar-refractivity contribution in [2.45, 2.75) is 12.6 Å². The summed E-state index contributed by atoms with van der Waals surface area (Å²) in [6, 6.07) is 8.90. The highest BCUT2D eigenvalue weighted by Gasteiger charge is 2.22. The third-order valence-corrected chi connectivity index (χ3v) is 4.05. The zero-order chi connectivity index (χ0) is 15.2. The van der Waals surface area contributed by atoms with Gasteiger partial charge in [0.15, 0.2) is 6.04 Å². The third-order valence-electron chi connectivity index (χ3n) is 2.75. The van der Waals surface area contributed by atoms with E-state index in [1.165, 1.54) is 11.3 Å². The van der Waals surface area contributed by atoms with Gasteiger partial charge in [0.25, 0.3) is 0 Å². The molecule has 0 saturated carbocycles. The molecular formula is C14H13ClN2O3S. The van der Waals surface area contributed by atoms with E-state index >= 15 is 0 Å². The van der Waals surface area contributed by atoms with Gasteiger partial charge in [0, 0.05) is 16.4 Å². The minimum Gasteiger partial charge on any atom is -0.479 e. The highest BCUT2D eigenvalue weighted by molar-refractivity contribution is 7.10. The number of carboxylic acid groups (broad SMARTS) is 1. The van der Waals surface area contributed by atoms with Gasteiger partial charge < -0.3 is 15.7 Å². The molecule has 1 atom stereocenters. The summed E-state index contributed by atoms with van der Waals surface area (Å²) >= 11 is 7.25. The molecule has 0 aliphatic carbocycles. The number of rotatable bonds is 5. The summed E-state index contributed by atoms with van der Waals surface area (Å²) in [5.74, 6) is -1.11. The first-order chi connectivity index (χ1) is 10.1. The number of hydrogen-bond donors (Lipinski definition) is 3. The van der Waals surface area contributed by atoms with Crippen molar-refractivity contribution in [2.75, 3.05) is 0 Å². The third kappa shape index (κ3) is 4.21. The number of hydrogen-bond acceptors (Lipinski definition) is 3. The number of urea groups is 1. The maximum absolute atomic E-state index is 11.8. The van der Waals surface area contributed by atoms with Crippen molar-refractivity contribution in [2.24, 2.45) is 0 Å². The predicted molar refractivity (Wildman–Crippen MR) is 81.5 cm³/mol. The first-order valence-corrected chi connectivity index (χ1v) is 7.37. The van der Waals surface area contributed by atoms with E-state index in [1.807, 2.05) is 6.07 Å². The fourth-order valence-corrected chi connectivity index (χ4v) is 2.68. The average Bonchev–Trinajstić information content (AvgIpc) is 2.97. The van der Waals surface area contributed by atoms with Crippen LogP contribution in [0.25, 0.3) is 0 Å². The largest absolute Gasteiger partial charge is 0.479 e. The van der Waals surface area contributed by atoms with Crippen LogP contribution in [0.4, 0.5) is 4.79 Å². The molecule has 1 aromatic heterocycles. The van der Waals surface area contributed by atoms with Gasteiger partial charge in [0.2, 0.25) is 0 Å². The summed E-state index contributed by atoms with van der Waals surface area (Å²) in [6.07, 6.45) is 0. The van der Waals surface area contributed by atoms with E-state index in [4.69, 9.17) is 16.7 Å². The molecule has 0 aliphatic rings. The molecule has 2 amide bonds. The van der Waals surface area contributed by atoms with Crippen LogP contribution < -0.4 is 10.6 Å². The van der Waals surface area contributed by atoms with E-state index in [0.717, 1.165) is 5.56 Å². The number of amides is 2. The van der Waals surface area contributed by atoms with Crippen LogP contribution >= 0.6 is 22.9 Å². The molecule has 0 bridgehead atoms. The summed E-state index contributed by atoms with van der Waals surface area (Å²) < 4.78 is 0. The average molecular weight is 325 g/mol. The Morgan fingerprint density at radius 2 is 2.00 bits per heavy atom. The second kappa shape index (κ2) is 7.10. The highest BCUT2D eigenvalue weighted by atomic mass is 35.5. The molecular weight excluding hydrogens is 312 g/mol. The van der Waals surface area contributed by atoms with Crippen molar-refractivity contribution in [3.05, 3.63) is 57.2 Å². The van der Waals surface area contributed by atoms with Gasteiger partial charge in [-0.3, -0.25) is 0 Å². The molecule has 2 rings (SSSR count). The summed E-state index contributed by atoms with van der Waals surface area (Å²) in [5.41, 5.74) is 0.761. The Morgan fingerprint density at radius 3 is 2.62 bits per heavy atom. The molecule has 21 heavy (non-hydrogen) atoms. The summed E-state index contributed by atoms with van der Waals surface area (Å²) in [4.78, 5) is 23.6. The minimum atomic E-state index is -1.11. The molecule has 1 unspecified atom stereocenters. The Balaban J connectivity index is 1.94. The van der Waals surface area contributed by atoms with E-state index in [-0.39, 0.29) is 6.54 Å². The lowest BCUT2D eigenvalue weighted by atomic mass is 10.2. The van der Waals surface area contributed by atoms with E-state index in [0.29, 0.717) is 9.90 Å². The van der Waals surface area contributed by atoms with E-state index in [9.17, 15) is 9.59 Å². The Bertz CT molecular complexity index is 631. The predicted octanol–water partition coefficient (Wildman–Crippen LogP) is 3.03. The maximum atomic E-state index is 11.8. The number of benzene rings is 1. The van der Waals surface area contributed by atoms with Gasteiger partial charge in [0.1, 0.15) is 0 Å². The standard InChI is InChI=1S/C14H13ClN2O3S/c15-10-5-2-1-4-9(10)8-16-14(20)17-12(13(18)19)11-6-3-7-21-11/h1-7,12H,8H2,(H,18,19)(H2,16,17,20). The lowest BCUT2D eigenvalue weighted by molar-refractivity contribution is -0.139. The SMILES string of the molecule is O=C(NCc1ccccc1Cl)NC(C(=O)O)c1cccs1. The van der Waals surface area contributed by atoms with Crippen molar-refractivity contribution < 1.29 is 14.7 Å². The first kappa shape index (κ1) is 15.3. The Hall–Kier alpha value is -2.05. The quantitative estimate of drug-likeness (QED) is 0.791. The van der Waals surface area contributed by atoms with Crippen LogP contribution in [0.15, 0.2) is 41.8 Å². The van der Waals surface area contributed by atoms with Gasteiger partial charge in [-0.15, -0.1) is 11.3 Å². The van der Waals surface area contributed by atoms with E-state index in [1.54, 1.807) is 35.7 Å². The molecule has 0 saturated heterocycles. The maximum Gasteiger partial charge on any atom is 0.331 e. The summed E-state index contributed by atoms with van der Waals surface area (Å²) in [5, 5.41) is 16.5. The van der Waals surface area contributed by atoms with Gasteiger partial charge in [-0.2, -0.15) is 0 Å². The molecule has 0 fully saturated rings. The van der Waals surface area contributed by atoms with Gasteiger partial charge >= 0.3 is 12.0 Å². The molecule has 2 aromatic rings. The van der Waals surface area contributed by atoms with Crippen LogP contribution in [0.2, 0.25) is 5.02 Å². The normalized spacial score (nSPS) is 11.7. The number of halogens is 1. The molecule has 5 nitrogen and oxygen atoms in total. The Kier molecular flexibility index (Phi) is 5.19. The number of carboxylic acids is 1. The smallest absolute Gasteiger partial charge is 0.331 e. The number of aliphatic carboxylic acids is 1. The number of carbonyl (C=O) groups excluding carboxylic acids is 1. The van der Waals surface area contributed by atoms with Crippen molar-refractivity contribution in [1.82, 2.24) is 10.6 Å². The molecule has 0 radical (unpaired) electrons. The van der Waals surface area contributed by atoms with Crippen LogP contribution in [-0.4, -0.2) is 17.1 Å². The van der Waals surface area contributed by atoms with Crippen molar-refractivity contribution in [3.8, 4) is 0 Å².